The molecule has 1 rings (SSSR count). The average molecular weight is 358 g/mol. The van der Waals surface area contributed by atoms with Gasteiger partial charge in [-0.25, -0.2) is 0 Å². The van der Waals surface area contributed by atoms with E-state index in [2.05, 4.69) is 6.92 Å². The molecule has 0 aliphatic carbocycles. The molecule has 0 radical (unpaired) electrons. The van der Waals surface area contributed by atoms with Crippen LogP contribution in [0.1, 0.15) is 39.0 Å². The molecule has 26 heavy (non-hydrogen) atoms. The maximum atomic E-state index is 10.4. The first-order chi connectivity index (χ1) is 12.6. The Balaban J connectivity index is 2.11. The van der Waals surface area contributed by atoms with E-state index in [4.69, 9.17) is 9.84 Å². The minimum Gasteiger partial charge on any atom is -0.481 e. The van der Waals surface area contributed by atoms with Crippen molar-refractivity contribution < 1.29 is 19.7 Å². The van der Waals surface area contributed by atoms with Crippen LogP contribution in [0.15, 0.2) is 72.9 Å². The zero-order valence-corrected chi connectivity index (χ0v) is 15.4. The summed E-state index contributed by atoms with van der Waals surface area (Å²) in [5.74, 6) is -0.769. The van der Waals surface area contributed by atoms with Gasteiger partial charge in [0.25, 0.3) is 0 Å². The molecule has 0 bridgehead atoms. The lowest BCUT2D eigenvalue weighted by molar-refractivity contribution is -0.136. The van der Waals surface area contributed by atoms with Crippen LogP contribution in [0.3, 0.4) is 0 Å². The molecule has 1 aliphatic rings. The fourth-order valence-electron chi connectivity index (χ4n) is 2.17. The number of epoxide rings is 1. The van der Waals surface area contributed by atoms with E-state index in [0.717, 1.165) is 12.8 Å². The minimum absolute atomic E-state index is 0.152. The number of allylic oxidation sites excluding steroid dienone is 8. The summed E-state index contributed by atoms with van der Waals surface area (Å²) in [6.45, 7) is 2.07. The number of rotatable bonds is 13. The van der Waals surface area contributed by atoms with Gasteiger partial charge in [-0.1, -0.05) is 79.8 Å². The molecule has 3 atom stereocenters. The second-order valence-corrected chi connectivity index (χ2v) is 6.00. The zero-order valence-electron chi connectivity index (χ0n) is 15.4. The first kappa shape index (κ1) is 21.9. The van der Waals surface area contributed by atoms with Crippen LogP contribution < -0.4 is 0 Å². The van der Waals surface area contributed by atoms with Crippen molar-refractivity contribution in [2.24, 2.45) is 0 Å². The van der Waals surface area contributed by atoms with Crippen molar-refractivity contribution in [1.82, 2.24) is 0 Å². The standard InChI is InChI=1S/C22H30O4/c1-2-3-9-14-19(23)15-10-6-4-5-7-11-16-20-21(26-20)17-12-8-13-18-22(24)25/h3-12,15-16,19-21,23H,2,13-14,17-18H2,1H3,(H,24,25)/b6-4-,7-5+,9-3-,12-8-,15-10+,16-11+/t19-,20-,21-/m0/s1. The van der Waals surface area contributed by atoms with Crippen molar-refractivity contribution in [2.75, 3.05) is 0 Å². The third-order valence-electron chi connectivity index (χ3n) is 3.65. The summed E-state index contributed by atoms with van der Waals surface area (Å²) in [6, 6.07) is 0. The van der Waals surface area contributed by atoms with Crippen molar-refractivity contribution in [3.63, 3.8) is 0 Å². The summed E-state index contributed by atoms with van der Waals surface area (Å²) in [5, 5.41) is 18.2. The molecule has 1 fully saturated rings. The van der Waals surface area contributed by atoms with Gasteiger partial charge in [-0.15, -0.1) is 0 Å². The maximum absolute atomic E-state index is 10.4. The first-order valence-electron chi connectivity index (χ1n) is 9.17. The maximum Gasteiger partial charge on any atom is 0.303 e. The molecule has 0 aromatic rings. The molecule has 0 amide bonds. The number of carboxylic acid groups (broad SMARTS) is 1. The van der Waals surface area contributed by atoms with Crippen molar-refractivity contribution in [2.45, 2.75) is 57.3 Å². The van der Waals surface area contributed by atoms with Crippen molar-refractivity contribution >= 4 is 5.97 Å². The van der Waals surface area contributed by atoms with Crippen LogP contribution in [0, 0.1) is 0 Å². The highest BCUT2D eigenvalue weighted by molar-refractivity contribution is 5.66. The Labute approximate surface area is 156 Å². The van der Waals surface area contributed by atoms with Crippen LogP contribution in [0.4, 0.5) is 0 Å². The third kappa shape index (κ3) is 12.2. The van der Waals surface area contributed by atoms with Gasteiger partial charge < -0.3 is 14.9 Å². The molecule has 0 saturated carbocycles. The fourth-order valence-corrected chi connectivity index (χ4v) is 2.17. The summed E-state index contributed by atoms with van der Waals surface area (Å²) in [5.41, 5.74) is 0. The first-order valence-corrected chi connectivity index (χ1v) is 9.17. The van der Waals surface area contributed by atoms with E-state index in [1.165, 1.54) is 0 Å². The summed E-state index contributed by atoms with van der Waals surface area (Å²) in [4.78, 5) is 10.4. The molecular weight excluding hydrogens is 328 g/mol. The van der Waals surface area contributed by atoms with E-state index in [0.29, 0.717) is 12.8 Å². The van der Waals surface area contributed by atoms with Gasteiger partial charge in [-0.3, -0.25) is 4.79 Å². The van der Waals surface area contributed by atoms with Crippen LogP contribution >= 0.6 is 0 Å². The van der Waals surface area contributed by atoms with Crippen LogP contribution in [0.25, 0.3) is 0 Å². The summed E-state index contributed by atoms with van der Waals surface area (Å²) >= 11 is 0. The number of carbonyl (C=O) groups is 1. The number of ether oxygens (including phenoxy) is 1. The summed E-state index contributed by atoms with van der Waals surface area (Å²) in [7, 11) is 0. The lowest BCUT2D eigenvalue weighted by atomic mass is 10.2. The molecule has 0 spiro atoms. The SMILES string of the molecule is CC/C=C\C[C@H](O)/C=C/C=C\C=C\C=C\[C@@H]1O[C@H]1C/C=C\CCC(=O)O. The van der Waals surface area contributed by atoms with Crippen LogP contribution in [-0.2, 0) is 9.53 Å². The predicted molar refractivity (Wildman–Crippen MR) is 106 cm³/mol. The highest BCUT2D eigenvalue weighted by Gasteiger charge is 2.34. The minimum atomic E-state index is -0.769. The highest BCUT2D eigenvalue weighted by Crippen LogP contribution is 2.26. The Bertz CT molecular complexity index is 567. The molecule has 142 valence electrons. The smallest absolute Gasteiger partial charge is 0.303 e. The average Bonchev–Trinajstić information content (AvgIpc) is 3.35. The number of carboxylic acids is 1. The van der Waals surface area contributed by atoms with Crippen molar-refractivity contribution in [3.8, 4) is 0 Å². The van der Waals surface area contributed by atoms with E-state index in [1.807, 2.05) is 66.8 Å². The highest BCUT2D eigenvalue weighted by atomic mass is 16.6. The number of aliphatic hydroxyl groups excluding tert-OH is 1. The lowest BCUT2D eigenvalue weighted by Gasteiger charge is -1.98. The van der Waals surface area contributed by atoms with Crippen molar-refractivity contribution in [1.29, 1.82) is 0 Å². The normalized spacial score (nSPS) is 22.1. The number of aliphatic hydroxyl groups is 1. The molecule has 0 unspecified atom stereocenters. The van der Waals surface area contributed by atoms with Crippen LogP contribution in [0.2, 0.25) is 0 Å². The van der Waals surface area contributed by atoms with E-state index >= 15 is 0 Å². The van der Waals surface area contributed by atoms with E-state index < -0.39 is 12.1 Å². The molecule has 0 aromatic carbocycles. The summed E-state index contributed by atoms with van der Waals surface area (Å²) < 4.78 is 5.51. The second-order valence-electron chi connectivity index (χ2n) is 6.00. The molecule has 0 aromatic heterocycles. The zero-order chi connectivity index (χ0) is 19.0. The topological polar surface area (TPSA) is 70.1 Å². The fraction of sp³-hybridized carbons (Fsp3) is 0.409. The van der Waals surface area contributed by atoms with Crippen LogP contribution in [0.5, 0.6) is 0 Å². The van der Waals surface area contributed by atoms with Gasteiger partial charge in [0.05, 0.1) is 12.2 Å². The molecule has 4 heteroatoms. The molecule has 1 saturated heterocycles. The summed E-state index contributed by atoms with van der Waals surface area (Å²) in [6.07, 6.45) is 26.3. The number of hydrogen-bond donors (Lipinski definition) is 2. The molecule has 1 heterocycles. The molecule has 4 nitrogen and oxygen atoms in total. The monoisotopic (exact) mass is 358 g/mol. The van der Waals surface area contributed by atoms with E-state index in [-0.39, 0.29) is 18.6 Å². The molecular formula is C22H30O4. The Kier molecular flexibility index (Phi) is 11.8. The van der Waals surface area contributed by atoms with Gasteiger partial charge in [-0.2, -0.15) is 0 Å². The van der Waals surface area contributed by atoms with Gasteiger partial charge in [0.15, 0.2) is 0 Å². The Hall–Kier alpha value is -2.17. The third-order valence-corrected chi connectivity index (χ3v) is 3.65. The van der Waals surface area contributed by atoms with E-state index in [9.17, 15) is 9.90 Å². The second kappa shape index (κ2) is 14.0. The van der Waals surface area contributed by atoms with Crippen LogP contribution in [-0.4, -0.2) is 34.5 Å². The van der Waals surface area contributed by atoms with Gasteiger partial charge in [0.2, 0.25) is 0 Å². The number of aliphatic carboxylic acids is 1. The quantitative estimate of drug-likeness (QED) is 0.289. The Morgan fingerprint density at radius 2 is 1.77 bits per heavy atom. The van der Waals surface area contributed by atoms with Gasteiger partial charge in [0.1, 0.15) is 6.10 Å². The van der Waals surface area contributed by atoms with Gasteiger partial charge in [0, 0.05) is 6.42 Å². The lowest BCUT2D eigenvalue weighted by Crippen LogP contribution is -1.98. The number of hydrogen-bond acceptors (Lipinski definition) is 3. The van der Waals surface area contributed by atoms with Crippen molar-refractivity contribution in [3.05, 3.63) is 72.9 Å². The Morgan fingerprint density at radius 1 is 1.04 bits per heavy atom. The van der Waals surface area contributed by atoms with Gasteiger partial charge >= 0.3 is 5.97 Å². The largest absolute Gasteiger partial charge is 0.481 e. The van der Waals surface area contributed by atoms with Gasteiger partial charge in [-0.05, 0) is 25.7 Å². The Morgan fingerprint density at radius 3 is 2.50 bits per heavy atom. The molecule has 1 aliphatic heterocycles. The van der Waals surface area contributed by atoms with E-state index in [1.54, 1.807) is 6.08 Å². The molecule has 2 N–H and O–H groups in total. The predicted octanol–water partition coefficient (Wildman–Crippen LogP) is 4.51.